The number of ether oxygens (including phenoxy) is 2. The van der Waals surface area contributed by atoms with E-state index in [0.29, 0.717) is 32.0 Å². The van der Waals surface area contributed by atoms with Gasteiger partial charge in [-0.3, -0.25) is 19.3 Å². The average Bonchev–Trinajstić information content (AvgIpc) is 3.13. The number of hydrogen-bond donors (Lipinski definition) is 2. The molecule has 0 unspecified atom stereocenters. The van der Waals surface area contributed by atoms with E-state index in [-0.39, 0.29) is 37.5 Å². The largest absolute Gasteiger partial charge is 0.481 e. The first-order valence-electron chi connectivity index (χ1n) is 17.6. The molecule has 1 atom stereocenters. The number of aliphatic carboxylic acids is 1. The van der Waals surface area contributed by atoms with E-state index >= 15 is 0 Å². The summed E-state index contributed by atoms with van der Waals surface area (Å²) in [6, 6.07) is 12.3. The molecule has 0 spiro atoms. The number of aromatic nitrogens is 1. The number of anilines is 1. The Balaban J connectivity index is 1.45. The minimum absolute atomic E-state index is 0.0746. The van der Waals surface area contributed by atoms with Gasteiger partial charge in [-0.2, -0.15) is 0 Å². The van der Waals surface area contributed by atoms with Gasteiger partial charge in [0.25, 0.3) is 5.91 Å². The van der Waals surface area contributed by atoms with Gasteiger partial charge in [-0.1, -0.05) is 57.0 Å². The molecule has 0 bridgehead atoms. The molecule has 0 saturated carbocycles. The van der Waals surface area contributed by atoms with Crippen LogP contribution >= 0.6 is 0 Å². The van der Waals surface area contributed by atoms with Gasteiger partial charge in [-0.15, -0.1) is 0 Å². The Kier molecular flexibility index (Phi) is 15.1. The van der Waals surface area contributed by atoms with Gasteiger partial charge >= 0.3 is 12.1 Å². The molecule has 13 heteroatoms. The maximum Gasteiger partial charge on any atom is 0.409 e. The molecule has 3 amide bonds. The molecule has 0 aliphatic carbocycles. The summed E-state index contributed by atoms with van der Waals surface area (Å²) >= 11 is 0. The molecule has 4 rings (SSSR count). The van der Waals surface area contributed by atoms with Crippen LogP contribution in [0.3, 0.4) is 0 Å². The van der Waals surface area contributed by atoms with Crippen LogP contribution in [0.2, 0.25) is 0 Å². The molecule has 2 saturated heterocycles. The van der Waals surface area contributed by atoms with Gasteiger partial charge < -0.3 is 34.6 Å². The fourth-order valence-corrected chi connectivity index (χ4v) is 5.93. The van der Waals surface area contributed by atoms with Gasteiger partial charge in [0.1, 0.15) is 11.7 Å². The molecule has 2 aromatic rings. The van der Waals surface area contributed by atoms with E-state index < -0.39 is 24.0 Å². The van der Waals surface area contributed by atoms with Crippen LogP contribution in [0.1, 0.15) is 62.9 Å². The molecule has 2 fully saturated rings. The number of carbonyl (C=O) groups excluding carboxylic acids is 3. The van der Waals surface area contributed by atoms with Crippen molar-refractivity contribution in [3.05, 3.63) is 48.2 Å². The number of piperazine rings is 2. The Morgan fingerprint density at radius 1 is 0.857 bits per heavy atom. The standard InChI is InChI=1S/C36H52N6O7/c1-3-5-9-24-49-36(47)42-20-18-41(19-21-42)35(46)30(12-13-33(43)44)38-34(45)32-27-29(26-31(37-32)28-10-7-6-8-11-28)40-16-14-39(15-17-40)22-25-48-23-4-2/h6-8,10-11,26-27,30H,3-5,9,12-25H2,1-2H3,(H,38,45)(H,43,44)/t30-/m0/s1. The highest BCUT2D eigenvalue weighted by atomic mass is 16.6. The van der Waals surface area contributed by atoms with E-state index in [1.807, 2.05) is 36.4 Å². The van der Waals surface area contributed by atoms with Crippen molar-refractivity contribution in [3.63, 3.8) is 0 Å². The zero-order chi connectivity index (χ0) is 35.0. The zero-order valence-corrected chi connectivity index (χ0v) is 29.0. The van der Waals surface area contributed by atoms with Gasteiger partial charge in [-0.05, 0) is 31.4 Å². The highest BCUT2D eigenvalue weighted by molar-refractivity contribution is 5.97. The van der Waals surface area contributed by atoms with Gasteiger partial charge in [0.15, 0.2) is 0 Å². The third-order valence-corrected chi connectivity index (χ3v) is 8.82. The summed E-state index contributed by atoms with van der Waals surface area (Å²) < 4.78 is 11.0. The van der Waals surface area contributed by atoms with Gasteiger partial charge in [0.2, 0.25) is 5.91 Å². The number of benzene rings is 1. The number of nitrogens with zero attached hydrogens (tertiary/aromatic N) is 5. The number of carbonyl (C=O) groups is 4. The fourth-order valence-electron chi connectivity index (χ4n) is 5.93. The van der Waals surface area contributed by atoms with Crippen molar-refractivity contribution in [2.45, 2.75) is 58.4 Å². The van der Waals surface area contributed by atoms with Crippen LogP contribution < -0.4 is 10.2 Å². The lowest BCUT2D eigenvalue weighted by molar-refractivity contribution is -0.138. The first-order valence-corrected chi connectivity index (χ1v) is 17.6. The molecule has 1 aromatic carbocycles. The topological polar surface area (TPSA) is 145 Å². The van der Waals surface area contributed by atoms with Crippen molar-refractivity contribution in [1.82, 2.24) is 25.0 Å². The van der Waals surface area contributed by atoms with Crippen molar-refractivity contribution in [3.8, 4) is 11.3 Å². The summed E-state index contributed by atoms with van der Waals surface area (Å²) in [7, 11) is 0. The van der Waals surface area contributed by atoms with Crippen molar-refractivity contribution < 1.29 is 33.8 Å². The van der Waals surface area contributed by atoms with E-state index in [4.69, 9.17) is 14.5 Å². The van der Waals surface area contributed by atoms with E-state index in [0.717, 1.165) is 76.3 Å². The second kappa shape index (κ2) is 19.7. The first-order chi connectivity index (χ1) is 23.8. The monoisotopic (exact) mass is 680 g/mol. The third kappa shape index (κ3) is 11.7. The molecule has 2 aliphatic heterocycles. The van der Waals surface area contributed by atoms with Crippen LogP contribution in [0.5, 0.6) is 0 Å². The Labute approximate surface area is 289 Å². The number of rotatable bonds is 17. The number of carboxylic acid groups (broad SMARTS) is 1. The van der Waals surface area contributed by atoms with Crippen molar-refractivity contribution >= 4 is 29.6 Å². The second-order valence-corrected chi connectivity index (χ2v) is 12.5. The SMILES string of the molecule is CCCCCOC(=O)N1CCN(C(=O)[C@H](CCC(=O)O)NC(=O)c2cc(N3CCN(CCOCCC)CC3)cc(-c3ccccc3)n2)CC1. The second-order valence-electron chi connectivity index (χ2n) is 12.5. The molecule has 268 valence electrons. The molecule has 3 heterocycles. The minimum atomic E-state index is -1.07. The van der Waals surface area contributed by atoms with Crippen LogP contribution in [0.25, 0.3) is 11.3 Å². The Morgan fingerprint density at radius 2 is 1.57 bits per heavy atom. The molecule has 1 aromatic heterocycles. The Bertz CT molecular complexity index is 1360. The number of amides is 3. The zero-order valence-electron chi connectivity index (χ0n) is 29.0. The molecule has 49 heavy (non-hydrogen) atoms. The molecule has 2 N–H and O–H groups in total. The quantitative estimate of drug-likeness (QED) is 0.237. The van der Waals surface area contributed by atoms with Crippen LogP contribution in [0.4, 0.5) is 10.5 Å². The normalized spacial score (nSPS) is 15.9. The summed E-state index contributed by atoms with van der Waals surface area (Å²) in [5, 5.41) is 12.2. The number of unbranched alkanes of at least 4 members (excludes halogenated alkanes) is 2. The minimum Gasteiger partial charge on any atom is -0.481 e. The van der Waals surface area contributed by atoms with Crippen LogP contribution in [-0.2, 0) is 19.1 Å². The molecule has 2 aliphatic rings. The Morgan fingerprint density at radius 3 is 2.24 bits per heavy atom. The van der Waals surface area contributed by atoms with Crippen molar-refractivity contribution in [2.24, 2.45) is 0 Å². The average molecular weight is 681 g/mol. The fraction of sp³-hybridized carbons (Fsp3) is 0.583. The van der Waals surface area contributed by atoms with Crippen LogP contribution in [-0.4, -0.2) is 133 Å². The van der Waals surface area contributed by atoms with Gasteiger partial charge in [-0.25, -0.2) is 9.78 Å². The third-order valence-electron chi connectivity index (χ3n) is 8.82. The lowest BCUT2D eigenvalue weighted by Crippen LogP contribution is -2.56. The molecule has 13 nitrogen and oxygen atoms in total. The van der Waals surface area contributed by atoms with Gasteiger partial charge in [0, 0.05) is 83.2 Å². The van der Waals surface area contributed by atoms with E-state index in [2.05, 4.69) is 29.0 Å². The van der Waals surface area contributed by atoms with E-state index in [9.17, 15) is 24.3 Å². The van der Waals surface area contributed by atoms with Crippen LogP contribution in [0.15, 0.2) is 42.5 Å². The number of carboxylic acids is 1. The highest BCUT2D eigenvalue weighted by Crippen LogP contribution is 2.26. The summed E-state index contributed by atoms with van der Waals surface area (Å²) in [5.41, 5.74) is 2.48. The smallest absolute Gasteiger partial charge is 0.409 e. The maximum atomic E-state index is 13.8. The van der Waals surface area contributed by atoms with Crippen molar-refractivity contribution in [1.29, 1.82) is 0 Å². The lowest BCUT2D eigenvalue weighted by atomic mass is 10.1. The summed E-state index contributed by atoms with van der Waals surface area (Å²) in [6.07, 6.45) is 3.05. The summed E-state index contributed by atoms with van der Waals surface area (Å²) in [6.45, 7) is 11.2. The highest BCUT2D eigenvalue weighted by Gasteiger charge is 2.31. The van der Waals surface area contributed by atoms with Crippen molar-refractivity contribution in [2.75, 3.05) is 83.6 Å². The number of hydrogen-bond acceptors (Lipinski definition) is 9. The summed E-state index contributed by atoms with van der Waals surface area (Å²) in [4.78, 5) is 63.9. The van der Waals surface area contributed by atoms with Gasteiger partial charge in [0.05, 0.1) is 18.9 Å². The lowest BCUT2D eigenvalue weighted by Gasteiger charge is -2.36. The van der Waals surface area contributed by atoms with E-state index in [1.54, 1.807) is 15.9 Å². The number of pyridine rings is 1. The van der Waals surface area contributed by atoms with Crippen LogP contribution in [0, 0.1) is 0 Å². The molecular weight excluding hydrogens is 628 g/mol. The summed E-state index contributed by atoms with van der Waals surface area (Å²) in [5.74, 6) is -2.00. The molecular formula is C36H52N6O7. The first kappa shape index (κ1) is 37.6. The Hall–Kier alpha value is -4.23. The predicted molar refractivity (Wildman–Crippen MR) is 187 cm³/mol. The number of nitrogens with one attached hydrogen (secondary N) is 1. The maximum absolute atomic E-state index is 13.8. The predicted octanol–water partition coefficient (Wildman–Crippen LogP) is 3.73. The van der Waals surface area contributed by atoms with E-state index in [1.165, 1.54) is 0 Å². The molecule has 0 radical (unpaired) electrons.